The van der Waals surface area contributed by atoms with Gasteiger partial charge in [-0.1, -0.05) is 18.6 Å². The monoisotopic (exact) mass is 170 g/mol. The van der Waals surface area contributed by atoms with Gasteiger partial charge in [-0.25, -0.2) is 0 Å². The Morgan fingerprint density at radius 1 is 1.50 bits per heavy atom. The smallest absolute Gasteiger partial charge is 0.151 e. The number of carbonyl (C=O) groups excluding carboxylic acids is 1. The van der Waals surface area contributed by atoms with Crippen LogP contribution in [-0.2, 0) is 4.79 Å². The highest BCUT2D eigenvalue weighted by molar-refractivity contribution is 5.61. The molecule has 0 aliphatic carbocycles. The Morgan fingerprint density at radius 3 is 2.42 bits per heavy atom. The van der Waals surface area contributed by atoms with Crippen LogP contribution in [-0.4, -0.2) is 17.0 Å². The lowest BCUT2D eigenvalue weighted by atomic mass is 9.96. The quantitative estimate of drug-likeness (QED) is 0.506. The summed E-state index contributed by atoms with van der Waals surface area (Å²) in [4.78, 5) is 10.5. The van der Waals surface area contributed by atoms with E-state index in [1.807, 2.05) is 26.8 Å². The molecule has 0 saturated carbocycles. The second kappa shape index (κ2) is 5.09. The third-order valence-electron chi connectivity index (χ3n) is 1.96. The summed E-state index contributed by atoms with van der Waals surface area (Å²) in [6.45, 7) is 5.83. The van der Waals surface area contributed by atoms with Gasteiger partial charge in [0, 0.05) is 0 Å². The van der Waals surface area contributed by atoms with E-state index in [1.165, 1.54) is 5.57 Å². The Labute approximate surface area is 74.3 Å². The highest BCUT2D eigenvalue weighted by Gasteiger charge is 2.21. The van der Waals surface area contributed by atoms with Crippen LogP contribution in [0.25, 0.3) is 0 Å². The fraction of sp³-hybridized carbons (Fsp3) is 0.700. The predicted octanol–water partition coefficient (Wildman–Crippen LogP) is 2.07. The molecule has 12 heavy (non-hydrogen) atoms. The number of aliphatic hydroxyl groups is 1. The van der Waals surface area contributed by atoms with Crippen LogP contribution >= 0.6 is 0 Å². The minimum Gasteiger partial charge on any atom is -0.382 e. The molecular weight excluding hydrogens is 152 g/mol. The molecule has 0 aliphatic rings. The molecule has 0 aromatic carbocycles. The number of carbonyl (C=O) groups is 1. The third kappa shape index (κ3) is 4.29. The average Bonchev–Trinajstić information content (AvgIpc) is 2.03. The van der Waals surface area contributed by atoms with Crippen LogP contribution in [0.15, 0.2) is 11.6 Å². The van der Waals surface area contributed by atoms with Gasteiger partial charge in [-0.3, -0.25) is 0 Å². The topological polar surface area (TPSA) is 37.3 Å². The minimum atomic E-state index is -1.11. The summed E-state index contributed by atoms with van der Waals surface area (Å²) in [6.07, 6.45) is 4.46. The molecule has 0 heterocycles. The maximum atomic E-state index is 10.5. The largest absolute Gasteiger partial charge is 0.382 e. The molecule has 1 N–H and O–H groups in total. The van der Waals surface area contributed by atoms with E-state index < -0.39 is 5.60 Å². The molecule has 0 spiro atoms. The van der Waals surface area contributed by atoms with Gasteiger partial charge in [-0.05, 0) is 33.1 Å². The number of hydrogen-bond donors (Lipinski definition) is 1. The lowest BCUT2D eigenvalue weighted by molar-refractivity contribution is -0.124. The summed E-state index contributed by atoms with van der Waals surface area (Å²) in [5.74, 6) is 0. The Hall–Kier alpha value is -0.630. The Bertz CT molecular complexity index is 169. The van der Waals surface area contributed by atoms with Gasteiger partial charge in [0.25, 0.3) is 0 Å². The SMILES string of the molecule is CCC(O)(C=O)CCC=C(C)C. The molecule has 70 valence electrons. The van der Waals surface area contributed by atoms with Crippen molar-refractivity contribution in [3.8, 4) is 0 Å². The van der Waals surface area contributed by atoms with Gasteiger partial charge >= 0.3 is 0 Å². The zero-order valence-electron chi connectivity index (χ0n) is 8.13. The van der Waals surface area contributed by atoms with Crippen molar-refractivity contribution in [2.45, 2.75) is 45.6 Å². The molecule has 0 amide bonds. The first-order valence-corrected chi connectivity index (χ1v) is 4.36. The summed E-state index contributed by atoms with van der Waals surface area (Å²) in [7, 11) is 0. The highest BCUT2D eigenvalue weighted by Crippen LogP contribution is 2.15. The van der Waals surface area contributed by atoms with Crippen molar-refractivity contribution in [3.05, 3.63) is 11.6 Å². The molecule has 2 nitrogen and oxygen atoms in total. The maximum Gasteiger partial charge on any atom is 0.151 e. The minimum absolute atomic E-state index is 0.493. The number of hydrogen-bond acceptors (Lipinski definition) is 2. The van der Waals surface area contributed by atoms with Gasteiger partial charge in [0.2, 0.25) is 0 Å². The van der Waals surface area contributed by atoms with Gasteiger partial charge in [0.05, 0.1) is 0 Å². The summed E-state index contributed by atoms with van der Waals surface area (Å²) in [5, 5.41) is 9.54. The second-order valence-corrected chi connectivity index (χ2v) is 3.40. The number of aldehydes is 1. The van der Waals surface area contributed by atoms with E-state index in [0.29, 0.717) is 19.1 Å². The van der Waals surface area contributed by atoms with Gasteiger partial charge in [0.1, 0.15) is 5.60 Å². The highest BCUT2D eigenvalue weighted by atomic mass is 16.3. The van der Waals surface area contributed by atoms with Crippen molar-refractivity contribution in [2.75, 3.05) is 0 Å². The molecule has 0 aromatic heterocycles. The second-order valence-electron chi connectivity index (χ2n) is 3.40. The molecule has 0 bridgehead atoms. The zero-order chi connectivity index (χ0) is 9.61. The van der Waals surface area contributed by atoms with Crippen molar-refractivity contribution in [3.63, 3.8) is 0 Å². The summed E-state index contributed by atoms with van der Waals surface area (Å²) in [6, 6.07) is 0. The maximum absolute atomic E-state index is 10.5. The molecule has 0 rings (SSSR count). The van der Waals surface area contributed by atoms with Crippen molar-refractivity contribution in [1.82, 2.24) is 0 Å². The molecule has 2 heteroatoms. The molecule has 1 unspecified atom stereocenters. The van der Waals surface area contributed by atoms with E-state index >= 15 is 0 Å². The zero-order valence-corrected chi connectivity index (χ0v) is 8.13. The normalized spacial score (nSPS) is 15.0. The van der Waals surface area contributed by atoms with Crippen LogP contribution in [0.1, 0.15) is 40.0 Å². The first kappa shape index (κ1) is 11.4. The van der Waals surface area contributed by atoms with Crippen molar-refractivity contribution >= 4 is 6.29 Å². The molecule has 0 saturated heterocycles. The Kier molecular flexibility index (Phi) is 4.83. The lowest BCUT2D eigenvalue weighted by Crippen LogP contribution is -2.28. The molecule has 0 aromatic rings. The average molecular weight is 170 g/mol. The van der Waals surface area contributed by atoms with Crippen molar-refractivity contribution in [1.29, 1.82) is 0 Å². The van der Waals surface area contributed by atoms with E-state index in [0.717, 1.165) is 6.42 Å². The lowest BCUT2D eigenvalue weighted by Gasteiger charge is -2.18. The Morgan fingerprint density at radius 2 is 2.08 bits per heavy atom. The van der Waals surface area contributed by atoms with Gasteiger partial charge in [0.15, 0.2) is 6.29 Å². The molecular formula is C10H18O2. The van der Waals surface area contributed by atoms with Crippen molar-refractivity contribution in [2.24, 2.45) is 0 Å². The summed E-state index contributed by atoms with van der Waals surface area (Å²) in [5.41, 5.74) is 0.116. The van der Waals surface area contributed by atoms with Gasteiger partial charge < -0.3 is 9.90 Å². The van der Waals surface area contributed by atoms with E-state index in [2.05, 4.69) is 0 Å². The fourth-order valence-corrected chi connectivity index (χ4v) is 0.930. The molecule has 0 fully saturated rings. The molecule has 0 aliphatic heterocycles. The van der Waals surface area contributed by atoms with E-state index in [4.69, 9.17) is 0 Å². The standard InChI is InChI=1S/C10H18O2/c1-4-10(12,8-11)7-5-6-9(2)3/h6,8,12H,4-5,7H2,1-3H3. The van der Waals surface area contributed by atoms with Crippen LogP contribution in [0.4, 0.5) is 0 Å². The van der Waals surface area contributed by atoms with Crippen LogP contribution < -0.4 is 0 Å². The van der Waals surface area contributed by atoms with Crippen molar-refractivity contribution < 1.29 is 9.90 Å². The number of allylic oxidation sites excluding steroid dienone is 2. The van der Waals surface area contributed by atoms with Gasteiger partial charge in [-0.2, -0.15) is 0 Å². The molecule has 0 radical (unpaired) electrons. The van der Waals surface area contributed by atoms with E-state index in [9.17, 15) is 9.90 Å². The first-order chi connectivity index (χ1) is 5.54. The van der Waals surface area contributed by atoms with Crippen LogP contribution in [0.2, 0.25) is 0 Å². The predicted molar refractivity (Wildman–Crippen MR) is 50.0 cm³/mol. The van der Waals surface area contributed by atoms with Crippen LogP contribution in [0.3, 0.4) is 0 Å². The number of rotatable bonds is 5. The third-order valence-corrected chi connectivity index (χ3v) is 1.96. The van der Waals surface area contributed by atoms with Gasteiger partial charge in [-0.15, -0.1) is 0 Å². The summed E-state index contributed by atoms with van der Waals surface area (Å²) < 4.78 is 0. The Balaban J connectivity index is 3.89. The first-order valence-electron chi connectivity index (χ1n) is 4.36. The van der Waals surface area contributed by atoms with Crippen LogP contribution in [0, 0.1) is 0 Å². The summed E-state index contributed by atoms with van der Waals surface area (Å²) >= 11 is 0. The van der Waals surface area contributed by atoms with E-state index in [-0.39, 0.29) is 0 Å². The fourth-order valence-electron chi connectivity index (χ4n) is 0.930. The van der Waals surface area contributed by atoms with E-state index in [1.54, 1.807) is 0 Å². The van der Waals surface area contributed by atoms with Crippen LogP contribution in [0.5, 0.6) is 0 Å². The molecule has 1 atom stereocenters.